The lowest BCUT2D eigenvalue weighted by atomic mass is 9.91. The number of aromatic nitrogens is 4. The number of pyridine rings is 2. The zero-order chi connectivity index (χ0) is 16.0. The minimum Gasteiger partial charge on any atom is -0.385 e. The third-order valence-corrected chi connectivity index (χ3v) is 4.78. The van der Waals surface area contributed by atoms with Gasteiger partial charge in [0.1, 0.15) is 23.0 Å². The van der Waals surface area contributed by atoms with Crippen LogP contribution in [0.2, 0.25) is 0 Å². The van der Waals surface area contributed by atoms with E-state index in [1.165, 1.54) is 0 Å². The highest BCUT2D eigenvalue weighted by molar-refractivity contribution is 5.99. The number of nitrogens with zero attached hydrogens (tertiary/aromatic N) is 4. The molecule has 1 fully saturated rings. The lowest BCUT2D eigenvalue weighted by Crippen LogP contribution is -2.28. The Morgan fingerprint density at radius 2 is 2.00 bits per heavy atom. The first-order chi connectivity index (χ1) is 11.1. The molecule has 0 aliphatic heterocycles. The molecule has 0 radical (unpaired) electrons. The molecule has 6 nitrogen and oxygen atoms in total. The number of hydrogen-bond acceptors (Lipinski definition) is 5. The topological polar surface area (TPSA) is 89.9 Å². The van der Waals surface area contributed by atoms with Crippen LogP contribution < -0.4 is 5.73 Å². The smallest absolute Gasteiger partial charge is 0.138 e. The molecule has 0 spiro atoms. The molecule has 1 aliphatic carbocycles. The Morgan fingerprint density at radius 3 is 2.74 bits per heavy atom. The molecule has 0 aromatic carbocycles. The van der Waals surface area contributed by atoms with E-state index in [1.54, 1.807) is 19.3 Å². The Bertz CT molecular complexity index is 849. The standard InChI is InChI=1S/C17H21N5O/c1-10(23)17-21-14-9-20-13-3-2-8-19-15(13)16(14)22(17)12-6-4-11(18)5-7-12/h2-3,8-12,23H,4-7,18H2,1H3/t10-,11?,12?/m1/s1. The van der Waals surface area contributed by atoms with E-state index in [-0.39, 0.29) is 6.04 Å². The van der Waals surface area contributed by atoms with Crippen LogP contribution >= 0.6 is 0 Å². The first-order valence-corrected chi connectivity index (χ1v) is 8.20. The summed E-state index contributed by atoms with van der Waals surface area (Å²) >= 11 is 0. The minimum absolute atomic E-state index is 0.285. The van der Waals surface area contributed by atoms with Crippen molar-refractivity contribution in [1.29, 1.82) is 0 Å². The van der Waals surface area contributed by atoms with Gasteiger partial charge < -0.3 is 15.4 Å². The number of aliphatic hydroxyl groups excluding tert-OH is 1. The lowest BCUT2D eigenvalue weighted by molar-refractivity contribution is 0.177. The van der Waals surface area contributed by atoms with Gasteiger partial charge in [0.25, 0.3) is 0 Å². The Kier molecular flexibility index (Phi) is 3.50. The van der Waals surface area contributed by atoms with E-state index < -0.39 is 6.10 Å². The Labute approximate surface area is 134 Å². The average Bonchev–Trinajstić information content (AvgIpc) is 2.96. The van der Waals surface area contributed by atoms with Crippen LogP contribution in [-0.2, 0) is 0 Å². The first kappa shape index (κ1) is 14.5. The fourth-order valence-corrected chi connectivity index (χ4v) is 3.63. The van der Waals surface area contributed by atoms with Crippen LogP contribution in [0.3, 0.4) is 0 Å². The third kappa shape index (κ3) is 2.38. The second kappa shape index (κ2) is 5.54. The van der Waals surface area contributed by atoms with Crippen molar-refractivity contribution in [3.05, 3.63) is 30.4 Å². The number of nitrogens with two attached hydrogens (primary N) is 1. The molecule has 23 heavy (non-hydrogen) atoms. The summed E-state index contributed by atoms with van der Waals surface area (Å²) in [7, 11) is 0. The second-order valence-corrected chi connectivity index (χ2v) is 6.45. The summed E-state index contributed by atoms with van der Waals surface area (Å²) in [5.74, 6) is 0.695. The quantitative estimate of drug-likeness (QED) is 0.759. The van der Waals surface area contributed by atoms with E-state index >= 15 is 0 Å². The van der Waals surface area contributed by atoms with Crippen molar-refractivity contribution >= 4 is 22.1 Å². The van der Waals surface area contributed by atoms with Crippen LogP contribution in [0.4, 0.5) is 0 Å². The zero-order valence-electron chi connectivity index (χ0n) is 13.2. The van der Waals surface area contributed by atoms with Gasteiger partial charge >= 0.3 is 0 Å². The highest BCUT2D eigenvalue weighted by Gasteiger charge is 2.27. The van der Waals surface area contributed by atoms with Gasteiger partial charge in [0.2, 0.25) is 0 Å². The molecule has 4 rings (SSSR count). The molecule has 0 saturated heterocycles. The zero-order valence-corrected chi connectivity index (χ0v) is 13.2. The molecule has 1 aliphatic rings. The van der Waals surface area contributed by atoms with E-state index in [2.05, 4.69) is 19.5 Å². The molecule has 3 N–H and O–H groups in total. The van der Waals surface area contributed by atoms with Gasteiger partial charge in [-0.15, -0.1) is 0 Å². The fourth-order valence-electron chi connectivity index (χ4n) is 3.63. The average molecular weight is 311 g/mol. The fraction of sp³-hybridized carbons (Fsp3) is 0.471. The van der Waals surface area contributed by atoms with Crippen molar-refractivity contribution in [3.63, 3.8) is 0 Å². The maximum absolute atomic E-state index is 10.2. The summed E-state index contributed by atoms with van der Waals surface area (Å²) in [4.78, 5) is 13.6. The normalized spacial score (nSPS) is 23.4. The number of imidazole rings is 1. The van der Waals surface area contributed by atoms with Gasteiger partial charge in [-0.25, -0.2) is 4.98 Å². The molecule has 0 amide bonds. The van der Waals surface area contributed by atoms with Crippen LogP contribution in [0.15, 0.2) is 24.5 Å². The van der Waals surface area contributed by atoms with Gasteiger partial charge in [0.05, 0.1) is 17.2 Å². The Hall–Kier alpha value is -2.05. The maximum atomic E-state index is 10.2. The van der Waals surface area contributed by atoms with Crippen molar-refractivity contribution in [1.82, 2.24) is 19.5 Å². The summed E-state index contributed by atoms with van der Waals surface area (Å²) in [5, 5.41) is 10.2. The highest BCUT2D eigenvalue weighted by Crippen LogP contribution is 2.35. The summed E-state index contributed by atoms with van der Waals surface area (Å²) in [6.45, 7) is 1.76. The van der Waals surface area contributed by atoms with E-state index in [4.69, 9.17) is 5.73 Å². The van der Waals surface area contributed by atoms with Crippen molar-refractivity contribution in [3.8, 4) is 0 Å². The summed E-state index contributed by atoms with van der Waals surface area (Å²) < 4.78 is 2.18. The molecular formula is C17H21N5O. The minimum atomic E-state index is -0.628. The Balaban J connectivity index is 1.98. The number of aliphatic hydroxyl groups is 1. The van der Waals surface area contributed by atoms with Gasteiger partial charge in [0, 0.05) is 18.3 Å². The summed E-state index contributed by atoms with van der Waals surface area (Å²) in [5.41, 5.74) is 9.53. The summed E-state index contributed by atoms with van der Waals surface area (Å²) in [6, 6.07) is 4.43. The first-order valence-electron chi connectivity index (χ1n) is 8.20. The number of rotatable bonds is 2. The molecule has 0 bridgehead atoms. The van der Waals surface area contributed by atoms with Crippen LogP contribution in [-0.4, -0.2) is 30.7 Å². The molecular weight excluding hydrogens is 290 g/mol. The lowest BCUT2D eigenvalue weighted by Gasteiger charge is -2.29. The molecule has 1 saturated carbocycles. The molecule has 3 aromatic rings. The SMILES string of the molecule is C[C@@H](O)c1nc2cnc3cccnc3c2n1C1CCC(N)CC1. The van der Waals surface area contributed by atoms with Crippen LogP contribution in [0.5, 0.6) is 0 Å². The molecule has 6 heteroatoms. The van der Waals surface area contributed by atoms with Crippen molar-refractivity contribution < 1.29 is 5.11 Å². The van der Waals surface area contributed by atoms with Crippen LogP contribution in [0, 0.1) is 0 Å². The molecule has 3 aromatic heterocycles. The second-order valence-electron chi connectivity index (χ2n) is 6.45. The van der Waals surface area contributed by atoms with Crippen molar-refractivity contribution in [2.75, 3.05) is 0 Å². The molecule has 3 heterocycles. The van der Waals surface area contributed by atoms with E-state index in [0.717, 1.165) is 47.8 Å². The van der Waals surface area contributed by atoms with E-state index in [0.29, 0.717) is 11.9 Å². The monoisotopic (exact) mass is 311 g/mol. The predicted octanol–water partition coefficient (Wildman–Crippen LogP) is 2.48. The Morgan fingerprint density at radius 1 is 1.22 bits per heavy atom. The molecule has 1 atom stereocenters. The van der Waals surface area contributed by atoms with Crippen molar-refractivity contribution in [2.45, 2.75) is 50.8 Å². The van der Waals surface area contributed by atoms with Gasteiger partial charge in [-0.3, -0.25) is 9.97 Å². The number of fused-ring (bicyclic) bond motifs is 3. The predicted molar refractivity (Wildman–Crippen MR) is 88.9 cm³/mol. The van der Waals surface area contributed by atoms with E-state index in [9.17, 15) is 5.11 Å². The van der Waals surface area contributed by atoms with E-state index in [1.807, 2.05) is 12.1 Å². The largest absolute Gasteiger partial charge is 0.385 e. The van der Waals surface area contributed by atoms with Crippen LogP contribution in [0.25, 0.3) is 22.1 Å². The van der Waals surface area contributed by atoms with Gasteiger partial charge in [-0.1, -0.05) is 0 Å². The van der Waals surface area contributed by atoms with Gasteiger partial charge in [0.15, 0.2) is 0 Å². The maximum Gasteiger partial charge on any atom is 0.138 e. The summed E-state index contributed by atoms with van der Waals surface area (Å²) in [6.07, 6.45) is 6.93. The highest BCUT2D eigenvalue weighted by atomic mass is 16.3. The molecule has 0 unspecified atom stereocenters. The van der Waals surface area contributed by atoms with Crippen molar-refractivity contribution in [2.24, 2.45) is 5.73 Å². The van der Waals surface area contributed by atoms with Gasteiger partial charge in [-0.2, -0.15) is 0 Å². The number of hydrogen-bond donors (Lipinski definition) is 2. The molecule has 120 valence electrons. The van der Waals surface area contributed by atoms with Crippen LogP contribution in [0.1, 0.15) is 50.6 Å². The third-order valence-electron chi connectivity index (χ3n) is 4.78. The van der Waals surface area contributed by atoms with Gasteiger partial charge in [-0.05, 0) is 44.7 Å².